The molecule has 1 aromatic rings. The zero-order valence-corrected chi connectivity index (χ0v) is 12.8. The molecule has 0 aliphatic carbocycles. The Kier molecular flexibility index (Phi) is 4.88. The third-order valence-corrected chi connectivity index (χ3v) is 5.24. The molecule has 0 aromatic heterocycles. The predicted molar refractivity (Wildman–Crippen MR) is 76.8 cm³/mol. The maximum atomic E-state index is 12.2. The second-order valence-corrected chi connectivity index (χ2v) is 7.18. The van der Waals surface area contributed by atoms with E-state index in [1.807, 2.05) is 0 Å². The molecular formula is C13H16ClNO5S. The van der Waals surface area contributed by atoms with Crippen LogP contribution in [0.1, 0.15) is 12.8 Å². The summed E-state index contributed by atoms with van der Waals surface area (Å²) in [5.74, 6) is -1.01. The molecule has 0 spiro atoms. The van der Waals surface area contributed by atoms with Gasteiger partial charge in [0.15, 0.2) is 0 Å². The van der Waals surface area contributed by atoms with Gasteiger partial charge in [0, 0.05) is 24.8 Å². The van der Waals surface area contributed by atoms with Crippen molar-refractivity contribution in [3.63, 3.8) is 0 Å². The van der Waals surface area contributed by atoms with Crippen molar-refractivity contribution in [2.24, 2.45) is 5.41 Å². The molecule has 8 heteroatoms. The van der Waals surface area contributed by atoms with Crippen LogP contribution in [0.5, 0.6) is 0 Å². The van der Waals surface area contributed by atoms with Gasteiger partial charge in [-0.15, -0.1) is 0 Å². The van der Waals surface area contributed by atoms with Gasteiger partial charge in [-0.2, -0.15) is 0 Å². The average Bonchev–Trinajstić information content (AvgIpc) is 2.46. The summed E-state index contributed by atoms with van der Waals surface area (Å²) < 4.78 is 31.9. The summed E-state index contributed by atoms with van der Waals surface area (Å²) in [6.07, 6.45) is 0.556. The number of aliphatic carboxylic acids is 1. The van der Waals surface area contributed by atoms with Crippen molar-refractivity contribution in [2.45, 2.75) is 17.7 Å². The van der Waals surface area contributed by atoms with Gasteiger partial charge in [0.2, 0.25) is 10.0 Å². The highest BCUT2D eigenvalue weighted by molar-refractivity contribution is 7.89. The number of hydrogen-bond acceptors (Lipinski definition) is 4. The van der Waals surface area contributed by atoms with E-state index in [1.54, 1.807) is 6.07 Å². The molecule has 1 aliphatic rings. The summed E-state index contributed by atoms with van der Waals surface area (Å²) in [7, 11) is -3.79. The van der Waals surface area contributed by atoms with Crippen LogP contribution in [0.15, 0.2) is 29.2 Å². The molecule has 0 atom stereocenters. The standard InChI is InChI=1S/C13H16ClNO5S/c14-10-2-1-3-11(8-10)21(18,19)15-9-13(12(16)17)4-6-20-7-5-13/h1-3,8,15H,4-7,9H2,(H,16,17). The van der Waals surface area contributed by atoms with Gasteiger partial charge in [0.05, 0.1) is 10.3 Å². The van der Waals surface area contributed by atoms with Gasteiger partial charge in [0.1, 0.15) is 0 Å². The highest BCUT2D eigenvalue weighted by Crippen LogP contribution is 2.30. The number of carbonyl (C=O) groups is 1. The fourth-order valence-electron chi connectivity index (χ4n) is 2.18. The van der Waals surface area contributed by atoms with Crippen LogP contribution in [-0.4, -0.2) is 39.3 Å². The van der Waals surface area contributed by atoms with E-state index in [0.717, 1.165) is 0 Å². The lowest BCUT2D eigenvalue weighted by molar-refractivity contribution is -0.154. The summed E-state index contributed by atoms with van der Waals surface area (Å²) in [6, 6.07) is 5.82. The van der Waals surface area contributed by atoms with E-state index in [0.29, 0.717) is 18.2 Å². The van der Waals surface area contributed by atoms with Crippen molar-refractivity contribution in [3.05, 3.63) is 29.3 Å². The second-order valence-electron chi connectivity index (χ2n) is 4.98. The first-order chi connectivity index (χ1) is 9.86. The second kappa shape index (κ2) is 6.31. The first-order valence-corrected chi connectivity index (χ1v) is 8.28. The van der Waals surface area contributed by atoms with Crippen LogP contribution in [0.2, 0.25) is 5.02 Å². The Balaban J connectivity index is 2.15. The molecule has 0 radical (unpaired) electrons. The Morgan fingerprint density at radius 3 is 2.62 bits per heavy atom. The summed E-state index contributed by atoms with van der Waals surface area (Å²) in [5, 5.41) is 9.69. The lowest BCUT2D eigenvalue weighted by atomic mass is 9.80. The minimum atomic E-state index is -3.79. The van der Waals surface area contributed by atoms with Gasteiger partial charge < -0.3 is 9.84 Å². The normalized spacial score (nSPS) is 18.3. The molecule has 1 heterocycles. The summed E-state index contributed by atoms with van der Waals surface area (Å²) in [4.78, 5) is 11.5. The molecule has 1 aromatic carbocycles. The van der Waals surface area contributed by atoms with Gasteiger partial charge in [-0.05, 0) is 31.0 Å². The van der Waals surface area contributed by atoms with E-state index in [9.17, 15) is 18.3 Å². The lowest BCUT2D eigenvalue weighted by Crippen LogP contribution is -2.46. The highest BCUT2D eigenvalue weighted by atomic mass is 35.5. The Labute approximate surface area is 128 Å². The minimum absolute atomic E-state index is 0.0163. The Hall–Kier alpha value is -1.15. The summed E-state index contributed by atoms with van der Waals surface area (Å²) >= 11 is 5.77. The molecule has 2 N–H and O–H groups in total. The van der Waals surface area contributed by atoms with Crippen LogP contribution in [0.3, 0.4) is 0 Å². The Morgan fingerprint density at radius 1 is 1.38 bits per heavy atom. The third kappa shape index (κ3) is 3.74. The summed E-state index contributed by atoms with van der Waals surface area (Å²) in [5.41, 5.74) is -1.12. The van der Waals surface area contributed by atoms with Crippen LogP contribution in [0, 0.1) is 5.41 Å². The van der Waals surface area contributed by atoms with E-state index in [1.165, 1.54) is 18.2 Å². The van der Waals surface area contributed by atoms with E-state index >= 15 is 0 Å². The summed E-state index contributed by atoms with van der Waals surface area (Å²) in [6.45, 7) is 0.455. The van der Waals surface area contributed by atoms with Crippen molar-refractivity contribution in [2.75, 3.05) is 19.8 Å². The van der Waals surface area contributed by atoms with Crippen molar-refractivity contribution >= 4 is 27.6 Å². The molecule has 0 saturated carbocycles. The number of sulfonamides is 1. The quantitative estimate of drug-likeness (QED) is 0.851. The monoisotopic (exact) mass is 333 g/mol. The van der Waals surface area contributed by atoms with Crippen LogP contribution < -0.4 is 4.72 Å². The number of ether oxygens (including phenoxy) is 1. The van der Waals surface area contributed by atoms with Gasteiger partial charge in [-0.25, -0.2) is 13.1 Å². The number of benzene rings is 1. The number of carboxylic acid groups (broad SMARTS) is 1. The molecular weight excluding hydrogens is 318 g/mol. The number of hydrogen-bond donors (Lipinski definition) is 2. The van der Waals surface area contributed by atoms with Crippen molar-refractivity contribution in [1.29, 1.82) is 0 Å². The average molecular weight is 334 g/mol. The van der Waals surface area contributed by atoms with Crippen molar-refractivity contribution in [1.82, 2.24) is 4.72 Å². The van der Waals surface area contributed by atoms with Crippen LogP contribution >= 0.6 is 11.6 Å². The number of rotatable bonds is 5. The molecule has 6 nitrogen and oxygen atoms in total. The van der Waals surface area contributed by atoms with Gasteiger partial charge in [-0.3, -0.25) is 4.79 Å². The molecule has 1 aliphatic heterocycles. The van der Waals surface area contributed by atoms with Gasteiger partial charge in [0.25, 0.3) is 0 Å². The molecule has 1 fully saturated rings. The molecule has 0 bridgehead atoms. The highest BCUT2D eigenvalue weighted by Gasteiger charge is 2.41. The largest absolute Gasteiger partial charge is 0.481 e. The Bertz CT molecular complexity index is 625. The number of halogens is 1. The fourth-order valence-corrected chi connectivity index (χ4v) is 3.61. The van der Waals surface area contributed by atoms with Gasteiger partial charge >= 0.3 is 5.97 Å². The SMILES string of the molecule is O=C(O)C1(CNS(=O)(=O)c2cccc(Cl)c2)CCOCC1. The number of carboxylic acids is 1. The third-order valence-electron chi connectivity index (χ3n) is 3.61. The topological polar surface area (TPSA) is 92.7 Å². The van der Waals surface area contributed by atoms with Crippen LogP contribution in [0.25, 0.3) is 0 Å². The van der Waals surface area contributed by atoms with E-state index in [2.05, 4.69) is 4.72 Å². The zero-order chi connectivity index (χ0) is 15.5. The zero-order valence-electron chi connectivity index (χ0n) is 11.2. The molecule has 1 saturated heterocycles. The van der Waals surface area contributed by atoms with Crippen LogP contribution in [-0.2, 0) is 19.6 Å². The molecule has 21 heavy (non-hydrogen) atoms. The van der Waals surface area contributed by atoms with E-state index in [4.69, 9.17) is 16.3 Å². The van der Waals surface area contributed by atoms with Crippen LogP contribution in [0.4, 0.5) is 0 Å². The Morgan fingerprint density at radius 2 is 2.05 bits per heavy atom. The number of nitrogens with one attached hydrogen (secondary N) is 1. The molecule has 116 valence electrons. The minimum Gasteiger partial charge on any atom is -0.481 e. The van der Waals surface area contributed by atoms with E-state index in [-0.39, 0.29) is 24.3 Å². The van der Waals surface area contributed by atoms with E-state index < -0.39 is 21.4 Å². The maximum absolute atomic E-state index is 12.2. The van der Waals surface area contributed by atoms with Crippen molar-refractivity contribution < 1.29 is 23.1 Å². The fraction of sp³-hybridized carbons (Fsp3) is 0.462. The van der Waals surface area contributed by atoms with Crippen molar-refractivity contribution in [3.8, 4) is 0 Å². The lowest BCUT2D eigenvalue weighted by Gasteiger charge is -2.33. The maximum Gasteiger partial charge on any atom is 0.311 e. The van der Waals surface area contributed by atoms with Gasteiger partial charge in [-0.1, -0.05) is 17.7 Å². The molecule has 0 unspecified atom stereocenters. The molecule has 2 rings (SSSR count). The predicted octanol–water partition coefficient (Wildman–Crippen LogP) is 1.50. The first kappa shape index (κ1) is 16.2. The first-order valence-electron chi connectivity index (χ1n) is 6.42. The smallest absolute Gasteiger partial charge is 0.311 e. The molecule has 0 amide bonds.